The van der Waals surface area contributed by atoms with Gasteiger partial charge in [0.05, 0.1) is 10.6 Å². The molecule has 0 saturated heterocycles. The smallest absolute Gasteiger partial charge is 0.431 e. The van der Waals surface area contributed by atoms with E-state index in [1.54, 1.807) is 0 Å². The number of hydrogen-bond donors (Lipinski definition) is 0. The molecule has 0 unspecified atom stereocenters. The van der Waals surface area contributed by atoms with E-state index in [4.69, 9.17) is 16.3 Å². The van der Waals surface area contributed by atoms with Crippen molar-refractivity contribution >= 4 is 17.4 Å². The van der Waals surface area contributed by atoms with E-state index in [1.807, 2.05) is 0 Å². The number of hydrogen-bond acceptors (Lipinski definition) is 3. The average molecular weight is 378 g/mol. The second kappa shape index (κ2) is 6.87. The maximum atomic E-state index is 14.2. The van der Waals surface area contributed by atoms with Gasteiger partial charge in [0.25, 0.3) is 5.56 Å². The Morgan fingerprint density at radius 1 is 1.24 bits per heavy atom. The molecule has 0 aliphatic rings. The predicted octanol–water partition coefficient (Wildman–Crippen LogP) is 3.83. The van der Waals surface area contributed by atoms with Gasteiger partial charge in [0.15, 0.2) is 5.78 Å². The van der Waals surface area contributed by atoms with Gasteiger partial charge in [-0.25, -0.2) is 4.39 Å². The van der Waals surface area contributed by atoms with Crippen molar-refractivity contribution in [2.75, 3.05) is 6.61 Å². The Hall–Kier alpha value is -2.35. The van der Waals surface area contributed by atoms with Crippen molar-refractivity contribution in [3.63, 3.8) is 0 Å². The van der Waals surface area contributed by atoms with Crippen LogP contribution in [0.2, 0.25) is 5.02 Å². The number of Topliss-reactive ketones (excluding diaryl/α,β-unsaturated/α-hetero) is 1. The fourth-order valence-corrected chi connectivity index (χ4v) is 2.36. The van der Waals surface area contributed by atoms with Crippen molar-refractivity contribution in [1.29, 1.82) is 0 Å². The number of alkyl halides is 3. The maximum Gasteiger partial charge on any atom is 0.431 e. The largest absolute Gasteiger partial charge is 0.484 e. The molecule has 0 amide bonds. The molecule has 0 spiro atoms. The molecule has 9 heteroatoms. The van der Waals surface area contributed by atoms with Crippen LogP contribution < -0.4 is 10.3 Å². The molecule has 1 aromatic carbocycles. The SMILES string of the molecule is CC(=O)COc1cc(-c2ccc(C(F)(F)F)n(C)c2=O)c(F)cc1Cl. The number of rotatable bonds is 4. The average Bonchev–Trinajstić information content (AvgIpc) is 2.48. The normalized spacial score (nSPS) is 11.5. The molecule has 1 aromatic heterocycles. The fourth-order valence-electron chi connectivity index (χ4n) is 2.15. The molecule has 0 fully saturated rings. The van der Waals surface area contributed by atoms with E-state index in [0.717, 1.165) is 25.2 Å². The number of ether oxygens (including phenoxy) is 1. The molecular weight excluding hydrogens is 366 g/mol. The van der Waals surface area contributed by atoms with Gasteiger partial charge in [0.2, 0.25) is 0 Å². The predicted molar refractivity (Wildman–Crippen MR) is 83.3 cm³/mol. The first-order valence-electron chi connectivity index (χ1n) is 6.91. The molecule has 0 bridgehead atoms. The van der Waals surface area contributed by atoms with Crippen molar-refractivity contribution in [2.45, 2.75) is 13.1 Å². The number of pyridine rings is 1. The summed E-state index contributed by atoms with van der Waals surface area (Å²) in [5.74, 6) is -1.28. The van der Waals surface area contributed by atoms with Gasteiger partial charge >= 0.3 is 6.18 Å². The summed E-state index contributed by atoms with van der Waals surface area (Å²) in [4.78, 5) is 23.2. The molecule has 4 nitrogen and oxygen atoms in total. The molecular formula is C16H12ClF4NO3. The van der Waals surface area contributed by atoms with Gasteiger partial charge in [-0.1, -0.05) is 11.6 Å². The van der Waals surface area contributed by atoms with Crippen LogP contribution in [-0.2, 0) is 18.0 Å². The van der Waals surface area contributed by atoms with Crippen LogP contribution in [0.5, 0.6) is 5.75 Å². The molecule has 0 aliphatic heterocycles. The van der Waals surface area contributed by atoms with Crippen molar-refractivity contribution in [2.24, 2.45) is 7.05 Å². The summed E-state index contributed by atoms with van der Waals surface area (Å²) in [5, 5.41) is -0.133. The lowest BCUT2D eigenvalue weighted by Gasteiger charge is -2.14. The van der Waals surface area contributed by atoms with Gasteiger partial charge in [-0.05, 0) is 31.2 Å². The minimum atomic E-state index is -4.72. The zero-order chi connectivity index (χ0) is 18.9. The van der Waals surface area contributed by atoms with Crippen LogP contribution in [0.3, 0.4) is 0 Å². The van der Waals surface area contributed by atoms with Crippen molar-refractivity contribution in [3.05, 3.63) is 51.2 Å². The number of aromatic nitrogens is 1. The van der Waals surface area contributed by atoms with Gasteiger partial charge in [0.1, 0.15) is 23.9 Å². The molecule has 0 N–H and O–H groups in total. The third-order valence-electron chi connectivity index (χ3n) is 3.34. The van der Waals surface area contributed by atoms with Gasteiger partial charge in [0, 0.05) is 12.6 Å². The number of halogens is 5. The Labute approximate surface area is 144 Å². The van der Waals surface area contributed by atoms with E-state index in [1.165, 1.54) is 6.92 Å². The van der Waals surface area contributed by atoms with E-state index in [2.05, 4.69) is 0 Å². The van der Waals surface area contributed by atoms with Gasteiger partial charge in [-0.2, -0.15) is 13.2 Å². The number of benzene rings is 1. The third kappa shape index (κ3) is 4.01. The lowest BCUT2D eigenvalue weighted by Crippen LogP contribution is -2.26. The van der Waals surface area contributed by atoms with E-state index in [0.29, 0.717) is 10.6 Å². The highest BCUT2D eigenvalue weighted by atomic mass is 35.5. The minimum Gasteiger partial charge on any atom is -0.484 e. The van der Waals surface area contributed by atoms with E-state index in [9.17, 15) is 27.2 Å². The number of ketones is 1. The van der Waals surface area contributed by atoms with Crippen LogP contribution >= 0.6 is 11.6 Å². The lowest BCUT2D eigenvalue weighted by atomic mass is 10.1. The second-order valence-corrected chi connectivity index (χ2v) is 5.65. The number of carbonyl (C=O) groups is 1. The molecule has 0 saturated carbocycles. The fraction of sp³-hybridized carbons (Fsp3) is 0.250. The first-order chi connectivity index (χ1) is 11.5. The zero-order valence-electron chi connectivity index (χ0n) is 13.1. The minimum absolute atomic E-state index is 0.0600. The second-order valence-electron chi connectivity index (χ2n) is 5.25. The summed E-state index contributed by atoms with van der Waals surface area (Å²) in [6, 6.07) is 3.50. The summed E-state index contributed by atoms with van der Waals surface area (Å²) in [7, 11) is 0.940. The lowest BCUT2D eigenvalue weighted by molar-refractivity contribution is -0.143. The topological polar surface area (TPSA) is 48.3 Å². The first-order valence-corrected chi connectivity index (χ1v) is 7.29. The Morgan fingerprint density at radius 2 is 1.88 bits per heavy atom. The van der Waals surface area contributed by atoms with Crippen LogP contribution in [0.1, 0.15) is 12.6 Å². The van der Waals surface area contributed by atoms with Crippen molar-refractivity contribution in [3.8, 4) is 16.9 Å². The number of nitrogens with zero attached hydrogens (tertiary/aromatic N) is 1. The molecule has 0 aliphatic carbocycles. The highest BCUT2D eigenvalue weighted by Gasteiger charge is 2.34. The summed E-state index contributed by atoms with van der Waals surface area (Å²) in [6.07, 6.45) is -4.72. The summed E-state index contributed by atoms with van der Waals surface area (Å²) < 4.78 is 58.2. The molecule has 0 atom stereocenters. The van der Waals surface area contributed by atoms with E-state index in [-0.39, 0.29) is 34.3 Å². The first kappa shape index (κ1) is 19.0. The van der Waals surface area contributed by atoms with E-state index < -0.39 is 23.2 Å². The zero-order valence-corrected chi connectivity index (χ0v) is 13.8. The van der Waals surface area contributed by atoms with Crippen LogP contribution in [0.15, 0.2) is 29.1 Å². The summed E-state index contributed by atoms with van der Waals surface area (Å²) in [5.41, 5.74) is -2.77. The number of carbonyl (C=O) groups excluding carboxylic acids is 1. The third-order valence-corrected chi connectivity index (χ3v) is 3.63. The Bertz CT molecular complexity index is 890. The standard InChI is InChI=1S/C16H12ClF4NO3/c1-8(23)7-25-13-5-10(12(18)6-11(13)17)9-3-4-14(16(19,20)21)22(2)15(9)24/h3-6H,7H2,1-2H3. The summed E-state index contributed by atoms with van der Waals surface area (Å²) in [6.45, 7) is 0.944. The maximum absolute atomic E-state index is 14.2. The molecule has 0 radical (unpaired) electrons. The van der Waals surface area contributed by atoms with E-state index >= 15 is 0 Å². The Kier molecular flexibility index (Phi) is 5.22. The quantitative estimate of drug-likeness (QED) is 0.761. The molecule has 134 valence electrons. The Balaban J connectivity index is 2.59. The highest BCUT2D eigenvalue weighted by Crippen LogP contribution is 2.33. The van der Waals surface area contributed by atoms with Gasteiger partial charge in [-0.3, -0.25) is 9.59 Å². The Morgan fingerprint density at radius 3 is 2.44 bits per heavy atom. The monoisotopic (exact) mass is 377 g/mol. The molecule has 25 heavy (non-hydrogen) atoms. The van der Waals surface area contributed by atoms with Crippen molar-refractivity contribution < 1.29 is 27.1 Å². The molecule has 1 heterocycles. The van der Waals surface area contributed by atoms with Crippen LogP contribution in [0.25, 0.3) is 11.1 Å². The molecule has 2 aromatic rings. The van der Waals surface area contributed by atoms with Gasteiger partial charge < -0.3 is 9.30 Å². The summed E-state index contributed by atoms with van der Waals surface area (Å²) >= 11 is 5.82. The van der Waals surface area contributed by atoms with Crippen LogP contribution in [0.4, 0.5) is 17.6 Å². The van der Waals surface area contributed by atoms with Crippen LogP contribution in [0, 0.1) is 5.82 Å². The van der Waals surface area contributed by atoms with Crippen LogP contribution in [-0.4, -0.2) is 17.0 Å². The highest BCUT2D eigenvalue weighted by molar-refractivity contribution is 6.32. The van der Waals surface area contributed by atoms with Crippen molar-refractivity contribution in [1.82, 2.24) is 4.57 Å². The van der Waals surface area contributed by atoms with Gasteiger partial charge in [-0.15, -0.1) is 0 Å². The molecule has 2 rings (SSSR count).